The Hall–Kier alpha value is -0.980. The zero-order valence-electron chi connectivity index (χ0n) is 11.7. The Morgan fingerprint density at radius 2 is 1.68 bits per heavy atom. The van der Waals surface area contributed by atoms with Crippen LogP contribution in [0.5, 0.6) is 0 Å². The summed E-state index contributed by atoms with van der Waals surface area (Å²) in [6.07, 6.45) is 0. The molecule has 0 bridgehead atoms. The molecule has 1 rings (SSSR count). The molecule has 1 aromatic carbocycles. The average Bonchev–Trinajstić information content (AvgIpc) is 2.22. The summed E-state index contributed by atoms with van der Waals surface area (Å²) in [7, 11) is -3.59. The van der Waals surface area contributed by atoms with Crippen LogP contribution in [-0.2, 0) is 10.0 Å². The van der Waals surface area contributed by atoms with E-state index in [4.69, 9.17) is 0 Å². The third kappa shape index (κ3) is 4.56. The summed E-state index contributed by atoms with van der Waals surface area (Å²) < 4.78 is 40.0. The largest absolute Gasteiger partial charge is 0.313 e. The third-order valence-corrected chi connectivity index (χ3v) is 4.43. The second kappa shape index (κ2) is 6.45. The molecule has 0 amide bonds. The number of aryl methyl sites for hydroxylation is 2. The molecule has 0 saturated heterocycles. The van der Waals surface area contributed by atoms with E-state index in [1.54, 1.807) is 13.8 Å². The van der Waals surface area contributed by atoms with Crippen molar-refractivity contribution in [1.82, 2.24) is 10.0 Å². The Kier molecular flexibility index (Phi) is 5.46. The van der Waals surface area contributed by atoms with E-state index in [0.29, 0.717) is 30.3 Å². The summed E-state index contributed by atoms with van der Waals surface area (Å²) in [5.74, 6) is -0.421. The van der Waals surface area contributed by atoms with Gasteiger partial charge in [0.15, 0.2) is 0 Å². The lowest BCUT2D eigenvalue weighted by Crippen LogP contribution is -2.35. The maximum Gasteiger partial charge on any atom is 0.241 e. The first-order valence-corrected chi connectivity index (χ1v) is 7.72. The van der Waals surface area contributed by atoms with Gasteiger partial charge in [0.1, 0.15) is 5.82 Å². The van der Waals surface area contributed by atoms with E-state index >= 15 is 0 Å². The van der Waals surface area contributed by atoms with Gasteiger partial charge in [-0.05, 0) is 37.1 Å². The average molecular weight is 288 g/mol. The number of sulfonamides is 1. The molecule has 4 nitrogen and oxygen atoms in total. The predicted molar refractivity (Wildman–Crippen MR) is 74.2 cm³/mol. The van der Waals surface area contributed by atoms with E-state index in [2.05, 4.69) is 10.0 Å². The molecule has 0 radical (unpaired) electrons. The molecule has 0 aliphatic heterocycles. The zero-order chi connectivity index (χ0) is 14.6. The smallest absolute Gasteiger partial charge is 0.241 e. The Morgan fingerprint density at radius 3 is 2.16 bits per heavy atom. The van der Waals surface area contributed by atoms with Crippen LogP contribution in [0.3, 0.4) is 0 Å². The second-order valence-electron chi connectivity index (χ2n) is 4.88. The molecular weight excluding hydrogens is 267 g/mol. The van der Waals surface area contributed by atoms with Crippen molar-refractivity contribution in [2.75, 3.05) is 13.1 Å². The standard InChI is InChI=1S/C13H21FN2O2S/c1-9(2)15-5-6-16-19(17,18)13-10(3)7-12(14)8-11(13)4/h7-9,15-16H,5-6H2,1-4H3. The molecule has 1 aromatic rings. The monoisotopic (exact) mass is 288 g/mol. The molecular formula is C13H21FN2O2S. The van der Waals surface area contributed by atoms with E-state index < -0.39 is 15.8 Å². The van der Waals surface area contributed by atoms with Crippen LogP contribution in [0.1, 0.15) is 25.0 Å². The highest BCUT2D eigenvalue weighted by Crippen LogP contribution is 2.20. The summed E-state index contributed by atoms with van der Waals surface area (Å²) in [5.41, 5.74) is 0.837. The van der Waals surface area contributed by atoms with E-state index in [-0.39, 0.29) is 4.90 Å². The molecule has 2 N–H and O–H groups in total. The first-order chi connectivity index (χ1) is 8.74. The van der Waals surface area contributed by atoms with Crippen LogP contribution in [0.15, 0.2) is 17.0 Å². The van der Waals surface area contributed by atoms with E-state index in [1.165, 1.54) is 12.1 Å². The van der Waals surface area contributed by atoms with Gasteiger partial charge in [-0.3, -0.25) is 0 Å². The lowest BCUT2D eigenvalue weighted by molar-refractivity contribution is 0.558. The van der Waals surface area contributed by atoms with Crippen molar-refractivity contribution in [1.29, 1.82) is 0 Å². The molecule has 0 fully saturated rings. The first kappa shape index (κ1) is 16.1. The Balaban J connectivity index is 2.84. The lowest BCUT2D eigenvalue weighted by atomic mass is 10.1. The topological polar surface area (TPSA) is 58.2 Å². The second-order valence-corrected chi connectivity index (χ2v) is 6.58. The number of nitrogens with one attached hydrogen (secondary N) is 2. The number of rotatable bonds is 6. The fraction of sp³-hybridized carbons (Fsp3) is 0.538. The van der Waals surface area contributed by atoms with E-state index in [0.717, 1.165) is 0 Å². The minimum Gasteiger partial charge on any atom is -0.313 e. The molecule has 0 atom stereocenters. The number of halogens is 1. The van der Waals surface area contributed by atoms with Crippen LogP contribution in [-0.4, -0.2) is 27.5 Å². The van der Waals surface area contributed by atoms with Gasteiger partial charge in [0.2, 0.25) is 10.0 Å². The van der Waals surface area contributed by atoms with Gasteiger partial charge in [0.05, 0.1) is 4.90 Å². The van der Waals surface area contributed by atoms with Gasteiger partial charge in [-0.15, -0.1) is 0 Å². The molecule has 0 heterocycles. The van der Waals surface area contributed by atoms with Gasteiger partial charge in [-0.25, -0.2) is 17.5 Å². The molecule has 108 valence electrons. The summed E-state index contributed by atoms with van der Waals surface area (Å²) in [6.45, 7) is 8.02. The Morgan fingerprint density at radius 1 is 1.16 bits per heavy atom. The number of hydrogen-bond donors (Lipinski definition) is 2. The third-order valence-electron chi connectivity index (χ3n) is 2.66. The van der Waals surface area contributed by atoms with Crippen molar-refractivity contribution in [3.63, 3.8) is 0 Å². The predicted octanol–water partition coefficient (Wildman–Crippen LogP) is 1.72. The Labute approximate surface area is 114 Å². The van der Waals surface area contributed by atoms with Crippen LogP contribution in [0, 0.1) is 19.7 Å². The summed E-state index contributed by atoms with van der Waals surface area (Å²) in [4.78, 5) is 0.165. The molecule has 0 unspecified atom stereocenters. The van der Waals surface area contributed by atoms with Crippen LogP contribution in [0.25, 0.3) is 0 Å². The summed E-state index contributed by atoms with van der Waals surface area (Å²) >= 11 is 0. The van der Waals surface area contributed by atoms with Crippen molar-refractivity contribution in [3.05, 3.63) is 29.1 Å². The highest BCUT2D eigenvalue weighted by Gasteiger charge is 2.19. The van der Waals surface area contributed by atoms with Crippen molar-refractivity contribution in [3.8, 4) is 0 Å². The molecule has 0 aromatic heterocycles. The summed E-state index contributed by atoms with van der Waals surface area (Å²) in [6, 6.07) is 2.76. The highest BCUT2D eigenvalue weighted by molar-refractivity contribution is 7.89. The SMILES string of the molecule is Cc1cc(F)cc(C)c1S(=O)(=O)NCCNC(C)C. The normalized spacial score (nSPS) is 12.1. The molecule has 0 aliphatic carbocycles. The first-order valence-electron chi connectivity index (χ1n) is 6.24. The molecule has 0 aliphatic rings. The van der Waals surface area contributed by atoms with Crippen LogP contribution < -0.4 is 10.0 Å². The quantitative estimate of drug-likeness (QED) is 0.784. The minimum atomic E-state index is -3.59. The van der Waals surface area contributed by atoms with Crippen molar-refractivity contribution < 1.29 is 12.8 Å². The number of hydrogen-bond acceptors (Lipinski definition) is 3. The van der Waals surface area contributed by atoms with Crippen molar-refractivity contribution in [2.24, 2.45) is 0 Å². The maximum absolute atomic E-state index is 13.2. The van der Waals surface area contributed by atoms with E-state index in [9.17, 15) is 12.8 Å². The van der Waals surface area contributed by atoms with Gasteiger partial charge < -0.3 is 5.32 Å². The van der Waals surface area contributed by atoms with Crippen LogP contribution >= 0.6 is 0 Å². The zero-order valence-corrected chi connectivity index (χ0v) is 12.6. The molecule has 0 saturated carbocycles. The Bertz CT molecular complexity index is 519. The lowest BCUT2D eigenvalue weighted by Gasteiger charge is -2.13. The van der Waals surface area contributed by atoms with Gasteiger partial charge in [0.25, 0.3) is 0 Å². The van der Waals surface area contributed by atoms with Crippen LogP contribution in [0.2, 0.25) is 0 Å². The number of benzene rings is 1. The van der Waals surface area contributed by atoms with E-state index in [1.807, 2.05) is 13.8 Å². The molecule has 19 heavy (non-hydrogen) atoms. The molecule has 6 heteroatoms. The molecule has 0 spiro atoms. The highest BCUT2D eigenvalue weighted by atomic mass is 32.2. The maximum atomic E-state index is 13.2. The van der Waals surface area contributed by atoms with Crippen molar-refractivity contribution in [2.45, 2.75) is 38.6 Å². The van der Waals surface area contributed by atoms with Gasteiger partial charge in [0, 0.05) is 19.1 Å². The van der Waals surface area contributed by atoms with Gasteiger partial charge >= 0.3 is 0 Å². The summed E-state index contributed by atoms with van der Waals surface area (Å²) in [5, 5.41) is 3.12. The fourth-order valence-electron chi connectivity index (χ4n) is 1.94. The van der Waals surface area contributed by atoms with Crippen LogP contribution in [0.4, 0.5) is 4.39 Å². The fourth-order valence-corrected chi connectivity index (χ4v) is 3.42. The van der Waals surface area contributed by atoms with Gasteiger partial charge in [-0.1, -0.05) is 13.8 Å². The minimum absolute atomic E-state index is 0.165. The van der Waals surface area contributed by atoms with Crippen molar-refractivity contribution >= 4 is 10.0 Å². The van der Waals surface area contributed by atoms with Gasteiger partial charge in [-0.2, -0.15) is 0 Å².